The average Bonchev–Trinajstić information content (AvgIpc) is 2.87. The fraction of sp³-hybridized carbons (Fsp3) is 0.600. The van der Waals surface area contributed by atoms with Crippen molar-refractivity contribution >= 4 is 23.2 Å². The third-order valence-corrected chi connectivity index (χ3v) is 4.80. The topological polar surface area (TPSA) is 57.6 Å². The van der Waals surface area contributed by atoms with E-state index in [1.807, 2.05) is 38.3 Å². The molecule has 1 atom stereocenters. The molecule has 0 aromatic carbocycles. The van der Waals surface area contributed by atoms with Gasteiger partial charge in [0.2, 0.25) is 5.91 Å². The van der Waals surface area contributed by atoms with Gasteiger partial charge < -0.3 is 10.0 Å². The predicted molar refractivity (Wildman–Crippen MR) is 80.6 cm³/mol. The third kappa shape index (κ3) is 3.82. The lowest BCUT2D eigenvalue weighted by molar-refractivity contribution is -0.155. The number of rotatable bonds is 7. The molecule has 20 heavy (non-hydrogen) atoms. The van der Waals surface area contributed by atoms with E-state index in [0.717, 1.165) is 4.88 Å². The van der Waals surface area contributed by atoms with Crippen molar-refractivity contribution in [2.45, 2.75) is 40.7 Å². The Balaban J connectivity index is 2.78. The molecule has 0 aliphatic carbocycles. The van der Waals surface area contributed by atoms with Crippen molar-refractivity contribution in [3.63, 3.8) is 0 Å². The van der Waals surface area contributed by atoms with E-state index in [1.54, 1.807) is 23.2 Å². The number of carbonyl (C=O) groups is 2. The maximum Gasteiger partial charge on any atom is 0.310 e. The first kappa shape index (κ1) is 16.7. The van der Waals surface area contributed by atoms with E-state index in [-0.39, 0.29) is 18.2 Å². The summed E-state index contributed by atoms with van der Waals surface area (Å²) < 4.78 is 0. The number of carboxylic acid groups (broad SMARTS) is 1. The lowest BCUT2D eigenvalue weighted by atomic mass is 9.76. The zero-order valence-corrected chi connectivity index (χ0v) is 13.4. The van der Waals surface area contributed by atoms with Gasteiger partial charge in [-0.1, -0.05) is 19.9 Å². The summed E-state index contributed by atoms with van der Waals surface area (Å²) in [6, 6.07) is 3.94. The Bertz CT molecular complexity index is 456. The number of thiophene rings is 1. The molecule has 4 nitrogen and oxygen atoms in total. The van der Waals surface area contributed by atoms with Crippen LogP contribution in [0.2, 0.25) is 0 Å². The molecule has 0 bridgehead atoms. The van der Waals surface area contributed by atoms with E-state index < -0.39 is 11.4 Å². The third-order valence-electron chi connectivity index (χ3n) is 3.94. The molecule has 1 heterocycles. The van der Waals surface area contributed by atoms with Gasteiger partial charge >= 0.3 is 5.97 Å². The molecule has 5 heteroatoms. The summed E-state index contributed by atoms with van der Waals surface area (Å²) >= 11 is 1.60. The normalized spacial score (nSPS) is 14.1. The van der Waals surface area contributed by atoms with E-state index in [1.165, 1.54) is 0 Å². The number of carbonyl (C=O) groups excluding carboxylic acids is 1. The van der Waals surface area contributed by atoms with Crippen molar-refractivity contribution in [1.82, 2.24) is 4.90 Å². The molecule has 1 rings (SSSR count). The van der Waals surface area contributed by atoms with Crippen molar-refractivity contribution in [3.05, 3.63) is 22.4 Å². The zero-order chi connectivity index (χ0) is 15.3. The molecule has 0 aliphatic rings. The summed E-state index contributed by atoms with van der Waals surface area (Å²) in [6.07, 6.45) is 0.0409. The van der Waals surface area contributed by atoms with Gasteiger partial charge in [0.15, 0.2) is 0 Å². The Morgan fingerprint density at radius 1 is 1.45 bits per heavy atom. The van der Waals surface area contributed by atoms with E-state index in [4.69, 9.17) is 0 Å². The van der Waals surface area contributed by atoms with Gasteiger partial charge in [0.25, 0.3) is 0 Å². The minimum Gasteiger partial charge on any atom is -0.481 e. The summed E-state index contributed by atoms with van der Waals surface area (Å²) in [7, 11) is 0. The zero-order valence-electron chi connectivity index (χ0n) is 12.5. The molecule has 0 fully saturated rings. The van der Waals surface area contributed by atoms with Crippen LogP contribution in [-0.4, -0.2) is 28.4 Å². The second-order valence-corrected chi connectivity index (χ2v) is 6.57. The van der Waals surface area contributed by atoms with Crippen LogP contribution in [0.25, 0.3) is 0 Å². The quantitative estimate of drug-likeness (QED) is 0.840. The van der Waals surface area contributed by atoms with Crippen LogP contribution in [0.3, 0.4) is 0 Å². The fourth-order valence-corrected chi connectivity index (χ4v) is 2.64. The number of aliphatic carboxylic acids is 1. The maximum atomic E-state index is 12.4. The van der Waals surface area contributed by atoms with E-state index in [0.29, 0.717) is 13.1 Å². The molecule has 1 amide bonds. The van der Waals surface area contributed by atoms with Crippen LogP contribution in [0.5, 0.6) is 0 Å². The number of carboxylic acids is 1. The standard InChI is InChI=1S/C15H23NO3S/c1-5-16(10-12-7-6-8-20-12)13(17)9-15(4,11(2)3)14(18)19/h6-8,11H,5,9-10H2,1-4H3,(H,18,19). The highest BCUT2D eigenvalue weighted by atomic mass is 32.1. The van der Waals surface area contributed by atoms with Crippen LogP contribution in [0.15, 0.2) is 17.5 Å². The van der Waals surface area contributed by atoms with Gasteiger partial charge in [-0.05, 0) is 31.2 Å². The van der Waals surface area contributed by atoms with Crippen LogP contribution < -0.4 is 0 Å². The van der Waals surface area contributed by atoms with Gasteiger partial charge in [-0.2, -0.15) is 0 Å². The summed E-state index contributed by atoms with van der Waals surface area (Å²) in [4.78, 5) is 26.7. The number of nitrogens with zero attached hydrogens (tertiary/aromatic N) is 1. The Kier molecular flexibility index (Phi) is 5.74. The Morgan fingerprint density at radius 3 is 2.50 bits per heavy atom. The highest BCUT2D eigenvalue weighted by Gasteiger charge is 2.39. The highest BCUT2D eigenvalue weighted by molar-refractivity contribution is 7.09. The van der Waals surface area contributed by atoms with E-state index in [9.17, 15) is 14.7 Å². The molecule has 0 radical (unpaired) electrons. The molecule has 1 aromatic heterocycles. The average molecular weight is 297 g/mol. The summed E-state index contributed by atoms with van der Waals surface area (Å²) in [5.74, 6) is -1.10. The molecule has 0 saturated carbocycles. The molecule has 0 aliphatic heterocycles. The smallest absolute Gasteiger partial charge is 0.310 e. The molecule has 0 spiro atoms. The van der Waals surface area contributed by atoms with Crippen molar-refractivity contribution in [2.24, 2.45) is 11.3 Å². The molecule has 112 valence electrons. The maximum absolute atomic E-state index is 12.4. The first-order valence-electron chi connectivity index (χ1n) is 6.84. The summed E-state index contributed by atoms with van der Waals surface area (Å²) in [5, 5.41) is 11.4. The first-order valence-corrected chi connectivity index (χ1v) is 7.72. The SMILES string of the molecule is CCN(Cc1cccs1)C(=O)CC(C)(C(=O)O)C(C)C. The van der Waals surface area contributed by atoms with Crippen molar-refractivity contribution in [3.8, 4) is 0 Å². The van der Waals surface area contributed by atoms with Gasteiger partial charge in [-0.3, -0.25) is 9.59 Å². The van der Waals surface area contributed by atoms with E-state index >= 15 is 0 Å². The van der Waals surface area contributed by atoms with Crippen LogP contribution in [0, 0.1) is 11.3 Å². The van der Waals surface area contributed by atoms with Crippen LogP contribution in [0.1, 0.15) is 39.0 Å². The van der Waals surface area contributed by atoms with Crippen LogP contribution >= 0.6 is 11.3 Å². The summed E-state index contributed by atoms with van der Waals surface area (Å²) in [6.45, 7) is 8.40. The van der Waals surface area contributed by atoms with E-state index in [2.05, 4.69) is 0 Å². The summed E-state index contributed by atoms with van der Waals surface area (Å²) in [5.41, 5.74) is -1.01. The molecular formula is C15H23NO3S. The minimum atomic E-state index is -1.01. The number of amides is 1. The number of hydrogen-bond donors (Lipinski definition) is 1. The molecule has 1 N–H and O–H groups in total. The molecule has 0 saturated heterocycles. The molecule has 1 aromatic rings. The van der Waals surface area contributed by atoms with Gasteiger partial charge in [-0.25, -0.2) is 0 Å². The lowest BCUT2D eigenvalue weighted by Gasteiger charge is -2.31. The van der Waals surface area contributed by atoms with Crippen LogP contribution in [0.4, 0.5) is 0 Å². The first-order chi connectivity index (χ1) is 9.31. The van der Waals surface area contributed by atoms with Crippen LogP contribution in [-0.2, 0) is 16.1 Å². The second-order valence-electron chi connectivity index (χ2n) is 5.54. The highest BCUT2D eigenvalue weighted by Crippen LogP contribution is 2.32. The minimum absolute atomic E-state index is 0.0409. The second kappa shape index (κ2) is 6.88. The van der Waals surface area contributed by atoms with Gasteiger partial charge in [0, 0.05) is 17.8 Å². The molecular weight excluding hydrogens is 274 g/mol. The Labute approximate surface area is 124 Å². The van der Waals surface area contributed by atoms with Crippen molar-refractivity contribution in [2.75, 3.05) is 6.54 Å². The number of hydrogen-bond acceptors (Lipinski definition) is 3. The van der Waals surface area contributed by atoms with Gasteiger partial charge in [0.1, 0.15) is 0 Å². The monoisotopic (exact) mass is 297 g/mol. The Hall–Kier alpha value is -1.36. The van der Waals surface area contributed by atoms with Gasteiger partial charge in [0.05, 0.1) is 12.0 Å². The lowest BCUT2D eigenvalue weighted by Crippen LogP contribution is -2.40. The fourth-order valence-electron chi connectivity index (χ4n) is 1.92. The largest absolute Gasteiger partial charge is 0.481 e. The molecule has 1 unspecified atom stereocenters. The van der Waals surface area contributed by atoms with Crippen molar-refractivity contribution < 1.29 is 14.7 Å². The van der Waals surface area contributed by atoms with Gasteiger partial charge in [-0.15, -0.1) is 11.3 Å². The Morgan fingerprint density at radius 2 is 2.10 bits per heavy atom. The predicted octanol–water partition coefficient (Wildman–Crippen LogP) is 3.23. The van der Waals surface area contributed by atoms with Crippen molar-refractivity contribution in [1.29, 1.82) is 0 Å².